The number of nitro benzene ring substituents is 1. The Labute approximate surface area is 121 Å². The van der Waals surface area contributed by atoms with Crippen LogP contribution in [0.15, 0.2) is 22.7 Å². The number of hydrogen-bond donors (Lipinski definition) is 1. The third-order valence-corrected chi connectivity index (χ3v) is 4.07. The van der Waals surface area contributed by atoms with E-state index in [1.165, 1.54) is 6.07 Å². The molecule has 1 aromatic rings. The lowest BCUT2D eigenvalue weighted by molar-refractivity contribution is -0.385. The second-order valence-electron chi connectivity index (χ2n) is 5.24. The average Bonchev–Trinajstić information content (AvgIpc) is 2.33. The van der Waals surface area contributed by atoms with E-state index >= 15 is 0 Å². The van der Waals surface area contributed by atoms with Gasteiger partial charge in [-0.25, -0.2) is 0 Å². The van der Waals surface area contributed by atoms with Gasteiger partial charge in [0, 0.05) is 35.7 Å². The predicted molar refractivity (Wildman–Crippen MR) is 77.8 cm³/mol. The van der Waals surface area contributed by atoms with Crippen molar-refractivity contribution in [2.75, 3.05) is 13.1 Å². The summed E-state index contributed by atoms with van der Waals surface area (Å²) in [5, 5.41) is 10.8. The van der Waals surface area contributed by atoms with Gasteiger partial charge in [-0.3, -0.25) is 15.0 Å². The average molecular weight is 328 g/mol. The lowest BCUT2D eigenvalue weighted by atomic mass is 9.94. The highest BCUT2D eigenvalue weighted by molar-refractivity contribution is 9.10. The normalized spacial score (nSPS) is 24.4. The Morgan fingerprint density at radius 2 is 2.26 bits per heavy atom. The second-order valence-corrected chi connectivity index (χ2v) is 6.16. The van der Waals surface area contributed by atoms with E-state index in [0.29, 0.717) is 5.92 Å². The summed E-state index contributed by atoms with van der Waals surface area (Å²) >= 11 is 3.32. The van der Waals surface area contributed by atoms with E-state index in [-0.39, 0.29) is 16.7 Å². The van der Waals surface area contributed by atoms with E-state index in [9.17, 15) is 10.1 Å². The molecule has 1 aromatic carbocycles. The molecular formula is C13H18BrN3O2. The molecule has 2 atom stereocenters. The molecule has 19 heavy (non-hydrogen) atoms. The van der Waals surface area contributed by atoms with Crippen LogP contribution in [0.2, 0.25) is 0 Å². The number of piperidine rings is 1. The first-order valence-electron chi connectivity index (χ1n) is 6.37. The van der Waals surface area contributed by atoms with Crippen molar-refractivity contribution in [3.8, 4) is 0 Å². The van der Waals surface area contributed by atoms with Crippen LogP contribution < -0.4 is 5.73 Å². The third kappa shape index (κ3) is 3.75. The van der Waals surface area contributed by atoms with Crippen molar-refractivity contribution in [1.29, 1.82) is 0 Å². The molecule has 2 unspecified atom stereocenters. The van der Waals surface area contributed by atoms with Crippen molar-refractivity contribution in [3.63, 3.8) is 0 Å². The minimum Gasteiger partial charge on any atom is -0.327 e. The largest absolute Gasteiger partial charge is 0.327 e. The van der Waals surface area contributed by atoms with Crippen molar-refractivity contribution in [2.24, 2.45) is 11.7 Å². The summed E-state index contributed by atoms with van der Waals surface area (Å²) in [6.45, 7) is 4.78. The lowest BCUT2D eigenvalue weighted by Gasteiger charge is -2.35. The minimum atomic E-state index is -0.358. The van der Waals surface area contributed by atoms with Gasteiger partial charge in [0.1, 0.15) is 0 Å². The summed E-state index contributed by atoms with van der Waals surface area (Å²) < 4.78 is 0.749. The molecule has 0 radical (unpaired) electrons. The molecule has 0 spiro atoms. The van der Waals surface area contributed by atoms with Crippen molar-refractivity contribution in [1.82, 2.24) is 4.90 Å². The molecule has 104 valence electrons. The molecular weight excluding hydrogens is 310 g/mol. The molecule has 5 nitrogen and oxygen atoms in total. The summed E-state index contributed by atoms with van der Waals surface area (Å²) in [4.78, 5) is 12.8. The fourth-order valence-corrected chi connectivity index (χ4v) is 3.01. The molecule has 0 aliphatic carbocycles. The fraction of sp³-hybridized carbons (Fsp3) is 0.538. The smallest absolute Gasteiger partial charge is 0.270 e. The highest BCUT2D eigenvalue weighted by Crippen LogP contribution is 2.24. The predicted octanol–water partition coefficient (Wildman–Crippen LogP) is 2.53. The number of non-ortho nitro benzene ring substituents is 1. The molecule has 0 bridgehead atoms. The first-order chi connectivity index (χ1) is 8.95. The van der Waals surface area contributed by atoms with Gasteiger partial charge in [-0.1, -0.05) is 22.9 Å². The van der Waals surface area contributed by atoms with Gasteiger partial charge in [-0.15, -0.1) is 0 Å². The molecule has 1 aliphatic rings. The maximum Gasteiger partial charge on any atom is 0.270 e. The van der Waals surface area contributed by atoms with Crippen LogP contribution in [-0.4, -0.2) is 29.0 Å². The SMILES string of the molecule is CC1CN(Cc2cc(Br)cc([N+](=O)[O-])c2)CCC1N. The molecule has 0 amide bonds. The lowest BCUT2D eigenvalue weighted by Crippen LogP contribution is -2.45. The Balaban J connectivity index is 2.09. The molecule has 1 aliphatic heterocycles. The summed E-state index contributed by atoms with van der Waals surface area (Å²) in [5.74, 6) is 0.468. The van der Waals surface area contributed by atoms with Crippen LogP contribution in [-0.2, 0) is 6.54 Å². The zero-order valence-corrected chi connectivity index (χ0v) is 12.5. The van der Waals surface area contributed by atoms with Gasteiger partial charge in [-0.05, 0) is 30.5 Å². The standard InChI is InChI=1S/C13H18BrN3O2/c1-9-7-16(3-2-13(9)15)8-10-4-11(14)6-12(5-10)17(18)19/h4-6,9,13H,2-3,7-8,15H2,1H3. The molecule has 1 saturated heterocycles. The number of hydrogen-bond acceptors (Lipinski definition) is 4. The monoisotopic (exact) mass is 327 g/mol. The Hall–Kier alpha value is -0.980. The summed E-state index contributed by atoms with van der Waals surface area (Å²) in [6.07, 6.45) is 0.983. The minimum absolute atomic E-state index is 0.131. The van der Waals surface area contributed by atoms with E-state index in [1.54, 1.807) is 6.07 Å². The van der Waals surface area contributed by atoms with E-state index in [0.717, 1.165) is 36.1 Å². The van der Waals surface area contributed by atoms with Gasteiger partial charge < -0.3 is 5.73 Å². The second kappa shape index (κ2) is 5.98. The number of halogens is 1. The zero-order valence-electron chi connectivity index (χ0n) is 10.9. The van der Waals surface area contributed by atoms with Gasteiger partial charge in [0.25, 0.3) is 5.69 Å². The Morgan fingerprint density at radius 1 is 1.53 bits per heavy atom. The van der Waals surface area contributed by atoms with Crippen molar-refractivity contribution < 1.29 is 4.92 Å². The Morgan fingerprint density at radius 3 is 2.89 bits per heavy atom. The number of nitro groups is 1. The van der Waals surface area contributed by atoms with Crippen molar-refractivity contribution in [2.45, 2.75) is 25.9 Å². The first kappa shape index (κ1) is 14.4. The first-order valence-corrected chi connectivity index (χ1v) is 7.17. The van der Waals surface area contributed by atoms with E-state index in [2.05, 4.69) is 27.8 Å². The fourth-order valence-electron chi connectivity index (χ4n) is 2.48. The molecule has 2 N–H and O–H groups in total. The maximum atomic E-state index is 10.8. The van der Waals surface area contributed by atoms with E-state index in [4.69, 9.17) is 5.73 Å². The number of rotatable bonds is 3. The van der Waals surface area contributed by atoms with Gasteiger partial charge in [-0.2, -0.15) is 0 Å². The number of benzene rings is 1. The van der Waals surface area contributed by atoms with Crippen LogP contribution in [0.1, 0.15) is 18.9 Å². The number of nitrogens with two attached hydrogens (primary N) is 1. The Bertz CT molecular complexity index is 481. The molecule has 1 heterocycles. The van der Waals surface area contributed by atoms with E-state index in [1.807, 2.05) is 6.07 Å². The van der Waals surface area contributed by atoms with Crippen molar-refractivity contribution >= 4 is 21.6 Å². The quantitative estimate of drug-likeness (QED) is 0.684. The van der Waals surface area contributed by atoms with Crippen LogP contribution in [0.5, 0.6) is 0 Å². The zero-order chi connectivity index (χ0) is 14.0. The molecule has 2 rings (SSSR count). The third-order valence-electron chi connectivity index (χ3n) is 3.62. The summed E-state index contributed by atoms with van der Waals surface area (Å²) in [7, 11) is 0. The van der Waals surface area contributed by atoms with Crippen LogP contribution in [0.3, 0.4) is 0 Å². The van der Waals surface area contributed by atoms with Gasteiger partial charge in [0.15, 0.2) is 0 Å². The molecule has 1 fully saturated rings. The Kier molecular flexibility index (Phi) is 4.54. The molecule has 6 heteroatoms. The van der Waals surface area contributed by atoms with Gasteiger partial charge in [0.2, 0.25) is 0 Å². The summed E-state index contributed by atoms with van der Waals surface area (Å²) in [6, 6.07) is 5.38. The summed E-state index contributed by atoms with van der Waals surface area (Å²) in [5.41, 5.74) is 7.09. The highest BCUT2D eigenvalue weighted by atomic mass is 79.9. The van der Waals surface area contributed by atoms with Gasteiger partial charge >= 0.3 is 0 Å². The van der Waals surface area contributed by atoms with Crippen LogP contribution in [0.4, 0.5) is 5.69 Å². The topological polar surface area (TPSA) is 72.4 Å². The van der Waals surface area contributed by atoms with E-state index < -0.39 is 0 Å². The van der Waals surface area contributed by atoms with Gasteiger partial charge in [0.05, 0.1) is 4.92 Å². The van der Waals surface area contributed by atoms with Crippen LogP contribution >= 0.6 is 15.9 Å². The maximum absolute atomic E-state index is 10.8. The van der Waals surface area contributed by atoms with Crippen LogP contribution in [0, 0.1) is 16.0 Å². The van der Waals surface area contributed by atoms with Crippen molar-refractivity contribution in [3.05, 3.63) is 38.3 Å². The molecule has 0 aromatic heterocycles. The highest BCUT2D eigenvalue weighted by Gasteiger charge is 2.23. The number of nitrogens with zero attached hydrogens (tertiary/aromatic N) is 2. The molecule has 0 saturated carbocycles. The van der Waals surface area contributed by atoms with Crippen LogP contribution in [0.25, 0.3) is 0 Å². The number of likely N-dealkylation sites (tertiary alicyclic amines) is 1.